The van der Waals surface area contributed by atoms with E-state index in [2.05, 4.69) is 15.5 Å². The number of ether oxygens (including phenoxy) is 2. The van der Waals surface area contributed by atoms with E-state index in [1.165, 1.54) is 18.2 Å². The number of hydrogen-bond acceptors (Lipinski definition) is 4. The zero-order valence-electron chi connectivity index (χ0n) is 12.5. The largest absolute Gasteiger partial charge is 0.382 e. The molecule has 2 N–H and O–H groups in total. The van der Waals surface area contributed by atoms with Crippen LogP contribution in [0.4, 0.5) is 10.2 Å². The minimum atomic E-state index is -0.412. The first kappa shape index (κ1) is 16.1. The van der Waals surface area contributed by atoms with E-state index in [1.807, 2.05) is 6.92 Å². The molecule has 1 amide bonds. The molecule has 0 atom stereocenters. The summed E-state index contributed by atoms with van der Waals surface area (Å²) in [6, 6.07) is 5.84. The number of carbonyl (C=O) groups excluding carboxylic acids is 1. The quantitative estimate of drug-likeness (QED) is 0.769. The number of benzene rings is 1. The summed E-state index contributed by atoms with van der Waals surface area (Å²) in [6.45, 7) is 2.70. The summed E-state index contributed by atoms with van der Waals surface area (Å²) in [5.41, 5.74) is 1.50. The summed E-state index contributed by atoms with van der Waals surface area (Å²) >= 11 is 0. The first-order chi connectivity index (χ1) is 10.6. The number of hydrogen-bond donors (Lipinski definition) is 2. The van der Waals surface area contributed by atoms with Gasteiger partial charge in [0.2, 0.25) is 0 Å². The highest BCUT2D eigenvalue weighted by Gasteiger charge is 2.11. The van der Waals surface area contributed by atoms with Gasteiger partial charge >= 0.3 is 0 Å². The van der Waals surface area contributed by atoms with Crippen LogP contribution in [0.25, 0.3) is 0 Å². The molecule has 0 aliphatic carbocycles. The molecule has 118 valence electrons. The molecule has 0 saturated carbocycles. The van der Waals surface area contributed by atoms with Gasteiger partial charge in [0.25, 0.3) is 5.91 Å². The molecule has 7 heteroatoms. The Hall–Kier alpha value is -2.25. The summed E-state index contributed by atoms with van der Waals surface area (Å²) in [5.74, 6) is -0.348. The standard InChI is InChI=1S/C15H18FN3O3/c1-10-7-14(19-18-10)17-15(20)11-3-4-13(16)12(8-11)9-22-6-5-21-2/h3-4,7-8H,5-6,9H2,1-2H3,(H2,17,18,19,20). The number of amides is 1. The van der Waals surface area contributed by atoms with Gasteiger partial charge in [-0.05, 0) is 25.1 Å². The highest BCUT2D eigenvalue weighted by atomic mass is 19.1. The van der Waals surface area contributed by atoms with Crippen molar-refractivity contribution in [2.75, 3.05) is 25.6 Å². The molecule has 2 aromatic rings. The van der Waals surface area contributed by atoms with Crippen molar-refractivity contribution in [3.8, 4) is 0 Å². The third-order valence-corrected chi connectivity index (χ3v) is 2.94. The predicted octanol–water partition coefficient (Wildman–Crippen LogP) is 2.27. The second-order valence-corrected chi connectivity index (χ2v) is 4.74. The minimum Gasteiger partial charge on any atom is -0.382 e. The molecule has 1 aromatic heterocycles. The lowest BCUT2D eigenvalue weighted by atomic mass is 10.1. The van der Waals surface area contributed by atoms with Gasteiger partial charge in [0.15, 0.2) is 5.82 Å². The van der Waals surface area contributed by atoms with E-state index in [-0.39, 0.29) is 12.5 Å². The number of H-pyrrole nitrogens is 1. The lowest BCUT2D eigenvalue weighted by molar-refractivity contribution is 0.0604. The van der Waals surface area contributed by atoms with Crippen LogP contribution in [-0.2, 0) is 16.1 Å². The van der Waals surface area contributed by atoms with Crippen LogP contribution in [-0.4, -0.2) is 36.4 Å². The third-order valence-electron chi connectivity index (χ3n) is 2.94. The number of rotatable bonds is 7. The molecule has 2 rings (SSSR count). The van der Waals surface area contributed by atoms with Crippen molar-refractivity contribution >= 4 is 11.7 Å². The Bertz CT molecular complexity index is 643. The zero-order valence-corrected chi connectivity index (χ0v) is 12.5. The smallest absolute Gasteiger partial charge is 0.256 e. The van der Waals surface area contributed by atoms with Gasteiger partial charge in [0.05, 0.1) is 19.8 Å². The third kappa shape index (κ3) is 4.37. The van der Waals surface area contributed by atoms with E-state index in [0.717, 1.165) is 5.69 Å². The van der Waals surface area contributed by atoms with E-state index in [9.17, 15) is 9.18 Å². The van der Waals surface area contributed by atoms with Gasteiger partial charge in [-0.15, -0.1) is 0 Å². The second-order valence-electron chi connectivity index (χ2n) is 4.74. The Morgan fingerprint density at radius 1 is 1.36 bits per heavy atom. The highest BCUT2D eigenvalue weighted by molar-refractivity contribution is 6.03. The maximum Gasteiger partial charge on any atom is 0.256 e. The van der Waals surface area contributed by atoms with Crippen molar-refractivity contribution in [2.45, 2.75) is 13.5 Å². The molecule has 0 aliphatic heterocycles. The van der Waals surface area contributed by atoms with Gasteiger partial charge in [0, 0.05) is 30.0 Å². The Balaban J connectivity index is 2.02. The topological polar surface area (TPSA) is 76.2 Å². The number of carbonyl (C=O) groups is 1. The lowest BCUT2D eigenvalue weighted by Gasteiger charge is -2.08. The molecule has 0 spiro atoms. The molecule has 6 nitrogen and oxygen atoms in total. The molecule has 1 heterocycles. The monoisotopic (exact) mass is 307 g/mol. The normalized spacial score (nSPS) is 10.7. The van der Waals surface area contributed by atoms with Gasteiger partial charge in [-0.2, -0.15) is 5.10 Å². The van der Waals surface area contributed by atoms with Crippen molar-refractivity contribution in [1.29, 1.82) is 0 Å². The van der Waals surface area contributed by atoms with Gasteiger partial charge in [-0.3, -0.25) is 9.89 Å². The zero-order chi connectivity index (χ0) is 15.9. The summed E-state index contributed by atoms with van der Waals surface area (Å²) in [7, 11) is 1.56. The van der Waals surface area contributed by atoms with Crippen LogP contribution < -0.4 is 5.32 Å². The molecular weight excluding hydrogens is 289 g/mol. The summed E-state index contributed by atoms with van der Waals surface area (Å²) in [5, 5.41) is 9.29. The van der Waals surface area contributed by atoms with E-state index < -0.39 is 5.82 Å². The van der Waals surface area contributed by atoms with Gasteiger partial charge < -0.3 is 14.8 Å². The van der Waals surface area contributed by atoms with Crippen LogP contribution in [0.3, 0.4) is 0 Å². The molecule has 0 radical (unpaired) electrons. The number of anilines is 1. The summed E-state index contributed by atoms with van der Waals surface area (Å²) in [4.78, 5) is 12.1. The van der Waals surface area contributed by atoms with Crippen molar-refractivity contribution < 1.29 is 18.7 Å². The molecule has 0 unspecified atom stereocenters. The average molecular weight is 307 g/mol. The maximum absolute atomic E-state index is 13.7. The number of methoxy groups -OCH3 is 1. The fourth-order valence-corrected chi connectivity index (χ4v) is 1.82. The number of nitrogens with zero attached hydrogens (tertiary/aromatic N) is 1. The van der Waals surface area contributed by atoms with Crippen molar-refractivity contribution in [3.63, 3.8) is 0 Å². The van der Waals surface area contributed by atoms with Crippen LogP contribution in [0.15, 0.2) is 24.3 Å². The number of nitrogens with one attached hydrogen (secondary N) is 2. The fourth-order valence-electron chi connectivity index (χ4n) is 1.82. The molecule has 22 heavy (non-hydrogen) atoms. The van der Waals surface area contributed by atoms with Gasteiger partial charge in [-0.1, -0.05) is 0 Å². The molecule has 0 aliphatic rings. The minimum absolute atomic E-state index is 0.0812. The Morgan fingerprint density at radius 2 is 2.18 bits per heavy atom. The fraction of sp³-hybridized carbons (Fsp3) is 0.333. The van der Waals surface area contributed by atoms with Crippen LogP contribution in [0.2, 0.25) is 0 Å². The number of halogens is 1. The maximum atomic E-state index is 13.7. The predicted molar refractivity (Wildman–Crippen MR) is 79.2 cm³/mol. The summed E-state index contributed by atoms with van der Waals surface area (Å²) in [6.07, 6.45) is 0. The van der Waals surface area contributed by atoms with E-state index in [1.54, 1.807) is 13.2 Å². The van der Waals surface area contributed by atoms with Crippen LogP contribution >= 0.6 is 0 Å². The first-order valence-electron chi connectivity index (χ1n) is 6.78. The van der Waals surface area contributed by atoms with Gasteiger partial charge in [-0.25, -0.2) is 4.39 Å². The van der Waals surface area contributed by atoms with E-state index in [0.29, 0.717) is 30.2 Å². The number of aromatic amines is 1. The van der Waals surface area contributed by atoms with E-state index in [4.69, 9.17) is 9.47 Å². The number of aromatic nitrogens is 2. The molecule has 0 bridgehead atoms. The van der Waals surface area contributed by atoms with Crippen molar-refractivity contribution in [2.24, 2.45) is 0 Å². The van der Waals surface area contributed by atoms with Crippen LogP contribution in [0, 0.1) is 12.7 Å². The first-order valence-corrected chi connectivity index (χ1v) is 6.78. The van der Waals surface area contributed by atoms with Crippen LogP contribution in [0.1, 0.15) is 21.6 Å². The highest BCUT2D eigenvalue weighted by Crippen LogP contribution is 2.14. The Kier molecular flexibility index (Phi) is 5.62. The van der Waals surface area contributed by atoms with Crippen molar-refractivity contribution in [3.05, 3.63) is 46.9 Å². The van der Waals surface area contributed by atoms with Gasteiger partial charge in [0.1, 0.15) is 5.82 Å². The lowest BCUT2D eigenvalue weighted by Crippen LogP contribution is -2.13. The molecular formula is C15H18FN3O3. The molecule has 0 saturated heterocycles. The van der Waals surface area contributed by atoms with E-state index >= 15 is 0 Å². The Labute approximate surface area is 127 Å². The molecule has 0 fully saturated rings. The Morgan fingerprint density at radius 3 is 2.86 bits per heavy atom. The van der Waals surface area contributed by atoms with Crippen molar-refractivity contribution in [1.82, 2.24) is 10.2 Å². The SMILES string of the molecule is COCCOCc1cc(C(=O)Nc2cc(C)[nH]n2)ccc1F. The van der Waals surface area contributed by atoms with Crippen LogP contribution in [0.5, 0.6) is 0 Å². The second kappa shape index (κ2) is 7.67. The summed E-state index contributed by atoms with van der Waals surface area (Å²) < 4.78 is 23.8. The molecule has 1 aromatic carbocycles. The number of aryl methyl sites for hydroxylation is 1. The average Bonchev–Trinajstić information content (AvgIpc) is 2.90.